The van der Waals surface area contributed by atoms with E-state index in [4.69, 9.17) is 4.74 Å². The number of thiazole rings is 1. The molecule has 200 valence electrons. The van der Waals surface area contributed by atoms with Crippen LogP contribution in [-0.4, -0.2) is 68.7 Å². The van der Waals surface area contributed by atoms with Gasteiger partial charge in [-0.3, -0.25) is 14.4 Å². The Bertz CT molecular complexity index is 989. The highest BCUT2D eigenvalue weighted by atomic mass is 32.1. The molecule has 1 aromatic rings. The number of esters is 1. The van der Waals surface area contributed by atoms with Crippen LogP contribution >= 0.6 is 11.3 Å². The van der Waals surface area contributed by atoms with E-state index in [9.17, 15) is 24.6 Å². The highest BCUT2D eigenvalue weighted by Crippen LogP contribution is 2.38. The maximum atomic E-state index is 13.2. The standard InChI is InChI=1S/C27H40N2O6S/c1-15-8-7-9-20-21(29(20)14-30)11-22(16(2)10-19-13-36-18(4)28-19)35-24(32)12-23(31)27(5,6)26(34)17(3)25(15)33/h10,13-15,17,20-23,25,31,33H,7-9,11-12H2,1-6H3/b16-10+. The molecule has 2 saturated heterocycles. The van der Waals surface area contributed by atoms with Gasteiger partial charge in [0.1, 0.15) is 11.9 Å². The van der Waals surface area contributed by atoms with Gasteiger partial charge in [0, 0.05) is 17.7 Å². The van der Waals surface area contributed by atoms with Gasteiger partial charge in [-0.15, -0.1) is 11.3 Å². The lowest BCUT2D eigenvalue weighted by Gasteiger charge is -2.34. The Hall–Kier alpha value is -2.10. The van der Waals surface area contributed by atoms with Crippen LogP contribution in [0.5, 0.6) is 0 Å². The number of nitrogens with zero attached hydrogens (tertiary/aromatic N) is 2. The highest BCUT2D eigenvalue weighted by molar-refractivity contribution is 7.09. The number of aryl methyl sites for hydroxylation is 1. The van der Waals surface area contributed by atoms with Crippen LogP contribution in [-0.2, 0) is 19.1 Å². The third-order valence-corrected chi connectivity index (χ3v) is 8.78. The van der Waals surface area contributed by atoms with Crippen LogP contribution in [0, 0.1) is 24.2 Å². The SMILES string of the molecule is C/C(=C\c1csc(C)n1)C1CC2C(CCCC(C)C(O)C(C)C(=O)C(C)(C)C(O)CC(=O)O1)N2C=O. The van der Waals surface area contributed by atoms with Crippen LogP contribution in [0.3, 0.4) is 0 Å². The fraction of sp³-hybridized carbons (Fsp3) is 0.704. The predicted octanol–water partition coefficient (Wildman–Crippen LogP) is 3.53. The largest absolute Gasteiger partial charge is 0.458 e. The normalized spacial score (nSPS) is 34.6. The number of rotatable bonds is 3. The Morgan fingerprint density at radius 2 is 1.92 bits per heavy atom. The maximum absolute atomic E-state index is 13.2. The molecule has 0 aromatic carbocycles. The molecular formula is C27H40N2O6S. The van der Waals surface area contributed by atoms with Gasteiger partial charge >= 0.3 is 5.97 Å². The Labute approximate surface area is 217 Å². The monoisotopic (exact) mass is 520 g/mol. The minimum absolute atomic E-state index is 0.0455. The van der Waals surface area contributed by atoms with E-state index in [1.165, 1.54) is 11.3 Å². The second kappa shape index (κ2) is 11.5. The van der Waals surface area contributed by atoms with Crippen molar-refractivity contribution in [1.29, 1.82) is 0 Å². The molecule has 8 nitrogen and oxygen atoms in total. The molecular weight excluding hydrogens is 480 g/mol. The van der Waals surface area contributed by atoms with Crippen LogP contribution in [0.2, 0.25) is 0 Å². The molecule has 2 aliphatic heterocycles. The molecule has 3 heterocycles. The third kappa shape index (κ3) is 6.42. The first-order valence-electron chi connectivity index (χ1n) is 12.8. The first-order chi connectivity index (χ1) is 16.9. The van der Waals surface area contributed by atoms with Gasteiger partial charge in [0.25, 0.3) is 0 Å². The van der Waals surface area contributed by atoms with E-state index >= 15 is 0 Å². The lowest BCUT2D eigenvalue weighted by Crippen LogP contribution is -2.45. The van der Waals surface area contributed by atoms with Crippen molar-refractivity contribution in [3.05, 3.63) is 21.7 Å². The van der Waals surface area contributed by atoms with E-state index < -0.39 is 35.6 Å². The maximum Gasteiger partial charge on any atom is 0.309 e. The van der Waals surface area contributed by atoms with E-state index in [1.54, 1.807) is 25.7 Å². The van der Waals surface area contributed by atoms with Crippen molar-refractivity contribution in [3.63, 3.8) is 0 Å². The number of carbonyl (C=O) groups excluding carboxylic acids is 3. The van der Waals surface area contributed by atoms with Gasteiger partial charge in [-0.1, -0.05) is 34.1 Å². The number of aliphatic hydroxyl groups is 2. The molecule has 0 bridgehead atoms. The van der Waals surface area contributed by atoms with Crippen molar-refractivity contribution in [2.24, 2.45) is 17.3 Å². The van der Waals surface area contributed by atoms with Crippen LogP contribution in [0.1, 0.15) is 77.4 Å². The second-order valence-electron chi connectivity index (χ2n) is 11.1. The molecule has 0 radical (unpaired) electrons. The summed E-state index contributed by atoms with van der Waals surface area (Å²) in [6, 6.07) is 0.00895. The number of ether oxygens (including phenoxy) is 1. The number of aromatic nitrogens is 1. The Morgan fingerprint density at radius 3 is 2.53 bits per heavy atom. The zero-order valence-electron chi connectivity index (χ0n) is 22.1. The van der Waals surface area contributed by atoms with Gasteiger partial charge in [0.2, 0.25) is 6.41 Å². The highest BCUT2D eigenvalue weighted by Gasteiger charge is 2.48. The first-order valence-corrected chi connectivity index (χ1v) is 13.7. The van der Waals surface area contributed by atoms with Crippen LogP contribution in [0.4, 0.5) is 0 Å². The molecule has 2 aliphatic rings. The van der Waals surface area contributed by atoms with Crippen molar-refractivity contribution in [2.45, 2.75) is 104 Å². The quantitative estimate of drug-likeness (QED) is 0.356. The first kappa shape index (κ1) is 28.5. The van der Waals surface area contributed by atoms with E-state index in [0.29, 0.717) is 6.42 Å². The van der Waals surface area contributed by atoms with E-state index in [2.05, 4.69) is 4.98 Å². The third-order valence-electron chi connectivity index (χ3n) is 7.99. The van der Waals surface area contributed by atoms with Crippen molar-refractivity contribution < 1.29 is 29.3 Å². The predicted molar refractivity (Wildman–Crippen MR) is 138 cm³/mol. The summed E-state index contributed by atoms with van der Waals surface area (Å²) in [5.41, 5.74) is 0.359. The van der Waals surface area contributed by atoms with Gasteiger partial charge in [-0.25, -0.2) is 4.98 Å². The molecule has 2 N–H and O–H groups in total. The Morgan fingerprint density at radius 1 is 1.22 bits per heavy atom. The number of Topliss-reactive ketones (excluding diaryl/α,β-unsaturated/α-hetero) is 1. The summed E-state index contributed by atoms with van der Waals surface area (Å²) in [6.45, 7) is 10.6. The van der Waals surface area contributed by atoms with Crippen molar-refractivity contribution in [2.75, 3.05) is 0 Å². The van der Waals surface area contributed by atoms with E-state index in [-0.39, 0.29) is 30.2 Å². The number of hydrogen-bond acceptors (Lipinski definition) is 8. The zero-order chi connectivity index (χ0) is 26.8. The molecule has 0 aliphatic carbocycles. The summed E-state index contributed by atoms with van der Waals surface area (Å²) in [6.07, 6.45) is 2.43. The lowest BCUT2D eigenvalue weighted by atomic mass is 9.73. The van der Waals surface area contributed by atoms with Gasteiger partial charge < -0.3 is 19.8 Å². The van der Waals surface area contributed by atoms with Crippen LogP contribution in [0.25, 0.3) is 6.08 Å². The van der Waals surface area contributed by atoms with Gasteiger partial charge in [-0.2, -0.15) is 0 Å². The van der Waals surface area contributed by atoms with Crippen LogP contribution < -0.4 is 0 Å². The molecule has 7 atom stereocenters. The molecule has 9 heteroatoms. The summed E-state index contributed by atoms with van der Waals surface area (Å²) in [5, 5.41) is 24.6. The molecule has 7 unspecified atom stereocenters. The second-order valence-corrected chi connectivity index (χ2v) is 12.1. The average molecular weight is 521 g/mol. The summed E-state index contributed by atoms with van der Waals surface area (Å²) >= 11 is 1.53. The molecule has 2 fully saturated rings. The zero-order valence-corrected chi connectivity index (χ0v) is 23.0. The molecule has 0 spiro atoms. The smallest absolute Gasteiger partial charge is 0.309 e. The number of fused-ring (bicyclic) bond motifs is 1. The Kier molecular flexibility index (Phi) is 9.11. The molecule has 0 saturated carbocycles. The van der Waals surface area contributed by atoms with Crippen LogP contribution in [0.15, 0.2) is 11.0 Å². The van der Waals surface area contributed by atoms with Crippen molar-refractivity contribution in [3.8, 4) is 0 Å². The Balaban J connectivity index is 1.88. The lowest BCUT2D eigenvalue weighted by molar-refractivity contribution is -0.154. The van der Waals surface area contributed by atoms with E-state index in [0.717, 1.165) is 41.9 Å². The summed E-state index contributed by atoms with van der Waals surface area (Å²) < 4.78 is 5.85. The number of ketones is 1. The minimum atomic E-state index is -1.26. The van der Waals surface area contributed by atoms with Crippen molar-refractivity contribution >= 4 is 35.6 Å². The van der Waals surface area contributed by atoms with Gasteiger partial charge in [0.05, 0.1) is 46.8 Å². The molecule has 36 heavy (non-hydrogen) atoms. The molecule has 1 aromatic heterocycles. The minimum Gasteiger partial charge on any atom is -0.458 e. The summed E-state index contributed by atoms with van der Waals surface area (Å²) in [7, 11) is 0. The number of carbonyl (C=O) groups is 3. The summed E-state index contributed by atoms with van der Waals surface area (Å²) in [4.78, 5) is 44.1. The van der Waals surface area contributed by atoms with Crippen molar-refractivity contribution in [1.82, 2.24) is 9.88 Å². The number of aliphatic hydroxyl groups excluding tert-OH is 2. The topological polar surface area (TPSA) is 117 Å². The number of cyclic esters (lactones) is 1. The van der Waals surface area contributed by atoms with E-state index in [1.807, 2.05) is 32.2 Å². The molecule has 1 amide bonds. The number of hydrogen-bond donors (Lipinski definition) is 2. The fourth-order valence-electron chi connectivity index (χ4n) is 5.29. The summed E-state index contributed by atoms with van der Waals surface area (Å²) in [5.74, 6) is -1.70. The fourth-order valence-corrected chi connectivity index (χ4v) is 5.86. The molecule has 3 rings (SSSR count). The average Bonchev–Trinajstić information content (AvgIpc) is 3.32. The number of amides is 1. The van der Waals surface area contributed by atoms with Gasteiger partial charge in [-0.05, 0) is 44.3 Å². The van der Waals surface area contributed by atoms with Gasteiger partial charge in [0.15, 0.2) is 0 Å².